The molecule has 0 aromatic heterocycles. The number of nitrogens with zero attached hydrogens (tertiary/aromatic N) is 1. The molecule has 1 heterocycles. The van der Waals surface area contributed by atoms with Crippen LogP contribution in [0.1, 0.15) is 49.3 Å². The Balaban J connectivity index is 2.10. The number of aromatic hydroxyl groups is 1. The maximum Gasteiger partial charge on any atom is 0.258 e. The average Bonchev–Trinajstić information content (AvgIpc) is 2.63. The van der Waals surface area contributed by atoms with E-state index in [-0.39, 0.29) is 17.7 Å². The molecule has 0 radical (unpaired) electrons. The van der Waals surface area contributed by atoms with Gasteiger partial charge in [-0.25, -0.2) is 0 Å². The maximum absolute atomic E-state index is 13.1. The first-order chi connectivity index (χ1) is 12.1. The third-order valence-corrected chi connectivity index (χ3v) is 4.65. The molecule has 0 bridgehead atoms. The van der Waals surface area contributed by atoms with Crippen LogP contribution in [0, 0.1) is 0 Å². The van der Waals surface area contributed by atoms with Crippen LogP contribution in [-0.4, -0.2) is 28.6 Å². The minimum Gasteiger partial charge on any atom is -0.504 e. The topological polar surface area (TPSA) is 61.8 Å². The first kappa shape index (κ1) is 17.1. The number of benzene rings is 2. The fourth-order valence-corrected chi connectivity index (χ4v) is 3.18. The van der Waals surface area contributed by atoms with Gasteiger partial charge in [0.1, 0.15) is 6.17 Å². The summed E-state index contributed by atoms with van der Waals surface area (Å²) in [4.78, 5) is 14.9. The van der Waals surface area contributed by atoms with Crippen molar-refractivity contribution in [2.24, 2.45) is 0 Å². The number of para-hydroxylation sites is 2. The molecule has 0 unspecified atom stereocenters. The van der Waals surface area contributed by atoms with Crippen LogP contribution in [0.2, 0.25) is 0 Å². The van der Waals surface area contributed by atoms with E-state index in [1.807, 2.05) is 57.2 Å². The summed E-state index contributed by atoms with van der Waals surface area (Å²) < 4.78 is 5.51. The van der Waals surface area contributed by atoms with Gasteiger partial charge in [0.2, 0.25) is 0 Å². The number of phenols is 1. The van der Waals surface area contributed by atoms with E-state index >= 15 is 0 Å². The summed E-state index contributed by atoms with van der Waals surface area (Å²) in [5.41, 5.74) is 2.06. The zero-order valence-corrected chi connectivity index (χ0v) is 14.8. The van der Waals surface area contributed by atoms with Crippen LogP contribution in [0.5, 0.6) is 11.5 Å². The lowest BCUT2D eigenvalue weighted by Gasteiger charge is -2.41. The average molecular weight is 340 g/mol. The molecule has 0 aliphatic carbocycles. The number of nitrogens with one attached hydrogen (secondary N) is 1. The molecule has 0 fully saturated rings. The predicted molar refractivity (Wildman–Crippen MR) is 98.0 cm³/mol. The molecular formula is C20H24N2O3. The molecule has 0 saturated carbocycles. The Bertz CT molecular complexity index is 775. The Kier molecular flexibility index (Phi) is 4.83. The second kappa shape index (κ2) is 7.05. The van der Waals surface area contributed by atoms with Crippen LogP contribution >= 0.6 is 0 Å². The molecular weight excluding hydrogens is 316 g/mol. The number of fused-ring (bicyclic) bond motifs is 1. The molecule has 3 rings (SSSR count). The number of hydrogen-bond acceptors (Lipinski definition) is 4. The third kappa shape index (κ3) is 3.02. The van der Waals surface area contributed by atoms with E-state index in [1.54, 1.807) is 11.0 Å². The number of phenolic OH excluding ortho intramolecular Hbond substituents is 1. The molecule has 2 aromatic carbocycles. The fourth-order valence-electron chi connectivity index (χ4n) is 3.18. The highest BCUT2D eigenvalue weighted by atomic mass is 16.5. The van der Waals surface area contributed by atoms with Crippen molar-refractivity contribution in [3.05, 3.63) is 53.6 Å². The molecule has 2 N–H and O–H groups in total. The van der Waals surface area contributed by atoms with Gasteiger partial charge in [-0.05, 0) is 38.5 Å². The summed E-state index contributed by atoms with van der Waals surface area (Å²) in [7, 11) is 0. The summed E-state index contributed by atoms with van der Waals surface area (Å²) in [6, 6.07) is 12.9. The number of amides is 1. The summed E-state index contributed by atoms with van der Waals surface area (Å²) >= 11 is 0. The second-order valence-corrected chi connectivity index (χ2v) is 6.19. The Labute approximate surface area is 148 Å². The molecule has 1 aliphatic heterocycles. The minimum absolute atomic E-state index is 0.0218. The number of ether oxygens (including phenoxy) is 1. The van der Waals surface area contributed by atoms with Gasteiger partial charge in [-0.15, -0.1) is 0 Å². The van der Waals surface area contributed by atoms with Crippen molar-refractivity contribution < 1.29 is 14.6 Å². The molecule has 1 amide bonds. The smallest absolute Gasteiger partial charge is 0.258 e. The number of carbonyl (C=O) groups is 1. The van der Waals surface area contributed by atoms with E-state index < -0.39 is 6.17 Å². The van der Waals surface area contributed by atoms with Crippen LogP contribution < -0.4 is 10.1 Å². The zero-order valence-electron chi connectivity index (χ0n) is 14.8. The molecule has 5 nitrogen and oxygen atoms in total. The number of rotatable bonds is 5. The monoisotopic (exact) mass is 340 g/mol. The van der Waals surface area contributed by atoms with E-state index in [2.05, 4.69) is 5.32 Å². The van der Waals surface area contributed by atoms with E-state index in [4.69, 9.17) is 4.74 Å². The van der Waals surface area contributed by atoms with Gasteiger partial charge < -0.3 is 20.1 Å². The highest BCUT2D eigenvalue weighted by molar-refractivity contribution is 6.02. The van der Waals surface area contributed by atoms with Crippen LogP contribution in [0.4, 0.5) is 5.69 Å². The number of anilines is 1. The van der Waals surface area contributed by atoms with Crippen LogP contribution in [0.3, 0.4) is 0 Å². The third-order valence-electron chi connectivity index (χ3n) is 4.65. The Hall–Kier alpha value is -2.69. The summed E-state index contributed by atoms with van der Waals surface area (Å²) in [5.74, 6) is 0.467. The van der Waals surface area contributed by atoms with E-state index in [9.17, 15) is 9.90 Å². The van der Waals surface area contributed by atoms with E-state index in [0.717, 1.165) is 12.1 Å². The molecule has 0 saturated heterocycles. The van der Waals surface area contributed by atoms with Gasteiger partial charge in [-0.2, -0.15) is 0 Å². The summed E-state index contributed by atoms with van der Waals surface area (Å²) in [6.07, 6.45) is 0.371. The summed E-state index contributed by atoms with van der Waals surface area (Å²) in [6.45, 7) is 6.40. The van der Waals surface area contributed by atoms with Crippen molar-refractivity contribution in [1.82, 2.24) is 4.90 Å². The predicted octanol–water partition coefficient (Wildman–Crippen LogP) is 4.16. The second-order valence-electron chi connectivity index (χ2n) is 6.19. The molecule has 1 aliphatic rings. The van der Waals surface area contributed by atoms with Crippen LogP contribution in [-0.2, 0) is 0 Å². The lowest BCUT2D eigenvalue weighted by molar-refractivity contribution is 0.0591. The van der Waals surface area contributed by atoms with Gasteiger partial charge in [0.15, 0.2) is 11.5 Å². The van der Waals surface area contributed by atoms with Gasteiger partial charge >= 0.3 is 0 Å². The van der Waals surface area contributed by atoms with Gasteiger partial charge in [0.25, 0.3) is 5.91 Å². The van der Waals surface area contributed by atoms with Gasteiger partial charge in [-0.3, -0.25) is 4.79 Å². The molecule has 5 heteroatoms. The fraction of sp³-hybridized carbons (Fsp3) is 0.350. The van der Waals surface area contributed by atoms with Crippen molar-refractivity contribution >= 4 is 11.6 Å². The number of carbonyl (C=O) groups excluding carboxylic acids is 1. The lowest BCUT2D eigenvalue weighted by atomic mass is 10.00. The van der Waals surface area contributed by atoms with Gasteiger partial charge in [0, 0.05) is 17.3 Å². The largest absolute Gasteiger partial charge is 0.504 e. The first-order valence-corrected chi connectivity index (χ1v) is 8.71. The Morgan fingerprint density at radius 2 is 1.96 bits per heavy atom. The number of hydrogen-bond donors (Lipinski definition) is 2. The molecule has 132 valence electrons. The molecule has 2 aromatic rings. The van der Waals surface area contributed by atoms with E-state index in [1.165, 1.54) is 0 Å². The van der Waals surface area contributed by atoms with Gasteiger partial charge in [0.05, 0.1) is 12.2 Å². The SMILES string of the molecule is CCOc1cccc([C@H]2Nc3ccccc3C(=O)N2[C@@H](C)CC)c1O. The van der Waals surface area contributed by atoms with Crippen molar-refractivity contribution in [1.29, 1.82) is 0 Å². The van der Waals surface area contributed by atoms with E-state index in [0.29, 0.717) is 23.5 Å². The highest BCUT2D eigenvalue weighted by Gasteiger charge is 2.36. The standard InChI is InChI=1S/C20H24N2O3/c1-4-13(3)22-19(15-10-8-12-17(18(15)23)25-5-2)21-16-11-7-6-9-14(16)20(22)24/h6-13,19,21,23H,4-5H2,1-3H3/t13-,19-/m0/s1. The zero-order chi connectivity index (χ0) is 18.0. The van der Waals surface area contributed by atoms with Crippen molar-refractivity contribution in [2.75, 3.05) is 11.9 Å². The molecule has 25 heavy (non-hydrogen) atoms. The minimum atomic E-state index is -0.447. The van der Waals surface area contributed by atoms with Crippen LogP contribution in [0.15, 0.2) is 42.5 Å². The molecule has 2 atom stereocenters. The first-order valence-electron chi connectivity index (χ1n) is 8.71. The Morgan fingerprint density at radius 3 is 2.68 bits per heavy atom. The summed E-state index contributed by atoms with van der Waals surface area (Å²) in [5, 5.41) is 14.1. The quantitative estimate of drug-likeness (QED) is 0.858. The van der Waals surface area contributed by atoms with Crippen LogP contribution in [0.25, 0.3) is 0 Å². The van der Waals surface area contributed by atoms with Crippen molar-refractivity contribution in [3.8, 4) is 11.5 Å². The highest BCUT2D eigenvalue weighted by Crippen LogP contribution is 2.41. The lowest BCUT2D eigenvalue weighted by Crippen LogP contribution is -2.47. The van der Waals surface area contributed by atoms with Crippen molar-refractivity contribution in [2.45, 2.75) is 39.4 Å². The van der Waals surface area contributed by atoms with Crippen molar-refractivity contribution in [3.63, 3.8) is 0 Å². The maximum atomic E-state index is 13.1. The van der Waals surface area contributed by atoms with Gasteiger partial charge in [-0.1, -0.05) is 31.2 Å². The molecule has 0 spiro atoms. The normalized spacial score (nSPS) is 17.6. The Morgan fingerprint density at radius 1 is 1.20 bits per heavy atom.